The van der Waals surface area contributed by atoms with Crippen LogP contribution in [0.3, 0.4) is 0 Å². The average molecular weight is 257 g/mol. The third-order valence-electron chi connectivity index (χ3n) is 4.05. The molecule has 2 saturated heterocycles. The van der Waals surface area contributed by atoms with Crippen molar-refractivity contribution >= 4 is 0 Å². The molecule has 0 amide bonds. The molecule has 0 aromatic heterocycles. The Bertz CT molecular complexity index is 219. The summed E-state index contributed by atoms with van der Waals surface area (Å²) in [7, 11) is 0. The second kappa shape index (κ2) is 8.10. The van der Waals surface area contributed by atoms with Crippen molar-refractivity contribution in [1.82, 2.24) is 4.90 Å². The Balaban J connectivity index is 1.54. The van der Waals surface area contributed by atoms with Crippen LogP contribution in [0.25, 0.3) is 0 Å². The van der Waals surface area contributed by atoms with Crippen molar-refractivity contribution in [2.45, 2.75) is 50.7 Å². The number of hydrogen-bond donors (Lipinski definition) is 1. The molecule has 0 unspecified atom stereocenters. The molecule has 2 fully saturated rings. The summed E-state index contributed by atoms with van der Waals surface area (Å²) < 4.78 is 11.2. The van der Waals surface area contributed by atoms with Crippen molar-refractivity contribution in [1.29, 1.82) is 0 Å². The van der Waals surface area contributed by atoms with Gasteiger partial charge in [-0.05, 0) is 45.1 Å². The minimum absolute atomic E-state index is 0.319. The highest BCUT2D eigenvalue weighted by Gasteiger charge is 2.23. The van der Waals surface area contributed by atoms with E-state index < -0.39 is 0 Å². The molecule has 106 valence electrons. The van der Waals surface area contributed by atoms with E-state index in [4.69, 9.17) is 14.6 Å². The summed E-state index contributed by atoms with van der Waals surface area (Å²) in [5.41, 5.74) is 0. The van der Waals surface area contributed by atoms with E-state index in [1.54, 1.807) is 0 Å². The fourth-order valence-corrected chi connectivity index (χ4v) is 3.02. The molecule has 0 bridgehead atoms. The minimum Gasteiger partial charge on any atom is -0.396 e. The number of aliphatic hydroxyl groups is 1. The molecule has 0 spiro atoms. The highest BCUT2D eigenvalue weighted by molar-refractivity contribution is 4.78. The predicted molar refractivity (Wildman–Crippen MR) is 70.7 cm³/mol. The fourth-order valence-electron chi connectivity index (χ4n) is 3.02. The van der Waals surface area contributed by atoms with Crippen LogP contribution in [0.1, 0.15) is 38.5 Å². The predicted octanol–water partition coefficient (Wildman–Crippen LogP) is 1.42. The summed E-state index contributed by atoms with van der Waals surface area (Å²) in [6, 6.07) is 0.670. The number of rotatable bonds is 8. The van der Waals surface area contributed by atoms with Crippen LogP contribution in [0.2, 0.25) is 0 Å². The Kier molecular flexibility index (Phi) is 6.41. The van der Waals surface area contributed by atoms with E-state index in [1.165, 1.54) is 25.8 Å². The van der Waals surface area contributed by atoms with Crippen molar-refractivity contribution in [2.24, 2.45) is 0 Å². The average Bonchev–Trinajstić information content (AvgIpc) is 3.03. The number of aliphatic hydroxyl groups excluding tert-OH is 1. The smallest absolute Gasteiger partial charge is 0.0809 e. The fraction of sp³-hybridized carbons (Fsp3) is 1.00. The lowest BCUT2D eigenvalue weighted by Crippen LogP contribution is -2.33. The molecule has 2 aliphatic rings. The van der Waals surface area contributed by atoms with Crippen LogP contribution in [-0.2, 0) is 9.47 Å². The van der Waals surface area contributed by atoms with E-state index in [9.17, 15) is 0 Å². The molecule has 0 radical (unpaired) electrons. The number of ether oxygens (including phenoxy) is 2. The van der Waals surface area contributed by atoms with Gasteiger partial charge < -0.3 is 14.6 Å². The normalized spacial score (nSPS) is 29.2. The summed E-state index contributed by atoms with van der Waals surface area (Å²) in [4.78, 5) is 2.52. The summed E-state index contributed by atoms with van der Waals surface area (Å²) in [5, 5.41) is 8.89. The first-order valence-electron chi connectivity index (χ1n) is 7.44. The lowest BCUT2D eigenvalue weighted by Gasteiger charge is -2.24. The molecule has 4 nitrogen and oxygen atoms in total. The molecule has 0 aliphatic carbocycles. The number of likely N-dealkylation sites (tertiary alicyclic amines) is 1. The van der Waals surface area contributed by atoms with Gasteiger partial charge in [-0.3, -0.25) is 4.90 Å². The van der Waals surface area contributed by atoms with Gasteiger partial charge >= 0.3 is 0 Å². The minimum atomic E-state index is 0.319. The Labute approximate surface area is 110 Å². The Morgan fingerprint density at radius 2 is 2.22 bits per heavy atom. The largest absolute Gasteiger partial charge is 0.396 e. The van der Waals surface area contributed by atoms with Crippen LogP contribution in [0.15, 0.2) is 0 Å². The first kappa shape index (κ1) is 14.3. The molecule has 0 aromatic rings. The van der Waals surface area contributed by atoms with Gasteiger partial charge in [0, 0.05) is 25.8 Å². The van der Waals surface area contributed by atoms with Gasteiger partial charge in [0.1, 0.15) is 0 Å². The zero-order chi connectivity index (χ0) is 12.6. The van der Waals surface area contributed by atoms with E-state index in [1.807, 2.05) is 0 Å². The van der Waals surface area contributed by atoms with Crippen molar-refractivity contribution in [3.8, 4) is 0 Å². The second-order valence-electron chi connectivity index (χ2n) is 5.41. The summed E-state index contributed by atoms with van der Waals surface area (Å²) in [6.45, 7) is 5.02. The summed E-state index contributed by atoms with van der Waals surface area (Å²) in [6.07, 6.45) is 7.31. The second-order valence-corrected chi connectivity index (χ2v) is 5.41. The first-order valence-corrected chi connectivity index (χ1v) is 7.44. The van der Waals surface area contributed by atoms with Crippen LogP contribution < -0.4 is 0 Å². The molecular formula is C14H27NO3. The first-order chi connectivity index (χ1) is 8.90. The van der Waals surface area contributed by atoms with Gasteiger partial charge in [-0.25, -0.2) is 0 Å². The van der Waals surface area contributed by atoms with Crippen molar-refractivity contribution < 1.29 is 14.6 Å². The SMILES string of the molecule is OCCC[C@H]1CCCN1CCOC[C@H]1CCCO1. The maximum Gasteiger partial charge on any atom is 0.0809 e. The number of nitrogens with zero attached hydrogens (tertiary/aromatic N) is 1. The van der Waals surface area contributed by atoms with Crippen molar-refractivity contribution in [3.63, 3.8) is 0 Å². The van der Waals surface area contributed by atoms with E-state index in [-0.39, 0.29) is 0 Å². The maximum absolute atomic E-state index is 8.89. The lowest BCUT2D eigenvalue weighted by molar-refractivity contribution is 0.00917. The van der Waals surface area contributed by atoms with Crippen LogP contribution in [0, 0.1) is 0 Å². The van der Waals surface area contributed by atoms with Crippen LogP contribution in [-0.4, -0.2) is 61.7 Å². The zero-order valence-electron chi connectivity index (χ0n) is 11.4. The highest BCUT2D eigenvalue weighted by Crippen LogP contribution is 2.20. The quantitative estimate of drug-likeness (QED) is 0.668. The monoisotopic (exact) mass is 257 g/mol. The molecular weight excluding hydrogens is 230 g/mol. The maximum atomic E-state index is 8.89. The molecule has 0 aromatic carbocycles. The molecule has 18 heavy (non-hydrogen) atoms. The lowest BCUT2D eigenvalue weighted by atomic mass is 10.1. The van der Waals surface area contributed by atoms with Gasteiger partial charge in [0.15, 0.2) is 0 Å². The van der Waals surface area contributed by atoms with E-state index >= 15 is 0 Å². The Morgan fingerprint density at radius 3 is 3.00 bits per heavy atom. The van der Waals surface area contributed by atoms with Gasteiger partial charge in [0.05, 0.1) is 19.3 Å². The van der Waals surface area contributed by atoms with Gasteiger partial charge in [-0.15, -0.1) is 0 Å². The Morgan fingerprint density at radius 1 is 1.28 bits per heavy atom. The molecule has 4 heteroatoms. The van der Waals surface area contributed by atoms with Crippen molar-refractivity contribution in [3.05, 3.63) is 0 Å². The van der Waals surface area contributed by atoms with Gasteiger partial charge in [-0.1, -0.05) is 0 Å². The van der Waals surface area contributed by atoms with Gasteiger partial charge in [0.2, 0.25) is 0 Å². The third-order valence-corrected chi connectivity index (χ3v) is 4.05. The summed E-state index contributed by atoms with van der Waals surface area (Å²) in [5.74, 6) is 0. The zero-order valence-corrected chi connectivity index (χ0v) is 11.4. The molecule has 2 atom stereocenters. The third kappa shape index (κ3) is 4.50. The van der Waals surface area contributed by atoms with Gasteiger partial charge in [-0.2, -0.15) is 0 Å². The highest BCUT2D eigenvalue weighted by atomic mass is 16.5. The molecule has 0 saturated carbocycles. The number of hydrogen-bond acceptors (Lipinski definition) is 4. The molecule has 2 rings (SSSR count). The van der Waals surface area contributed by atoms with Crippen LogP contribution in [0.5, 0.6) is 0 Å². The van der Waals surface area contributed by atoms with E-state index in [2.05, 4.69) is 4.90 Å². The van der Waals surface area contributed by atoms with Crippen LogP contribution in [0.4, 0.5) is 0 Å². The molecule has 2 aliphatic heterocycles. The Hall–Kier alpha value is -0.160. The standard InChI is InChI=1S/C14H27NO3/c16-9-2-5-13-4-1-7-15(13)8-11-17-12-14-6-3-10-18-14/h13-14,16H,1-12H2/t13-,14-/m1/s1. The molecule has 1 N–H and O–H groups in total. The van der Waals surface area contributed by atoms with E-state index in [0.29, 0.717) is 18.8 Å². The van der Waals surface area contributed by atoms with Crippen molar-refractivity contribution in [2.75, 3.05) is 39.5 Å². The molecule has 2 heterocycles. The van der Waals surface area contributed by atoms with E-state index in [0.717, 1.165) is 45.6 Å². The van der Waals surface area contributed by atoms with Crippen LogP contribution >= 0.6 is 0 Å². The topological polar surface area (TPSA) is 41.9 Å². The summed E-state index contributed by atoms with van der Waals surface area (Å²) >= 11 is 0. The van der Waals surface area contributed by atoms with Gasteiger partial charge in [0.25, 0.3) is 0 Å².